The average Bonchev–Trinajstić information content (AvgIpc) is 1.85. The first-order valence-electron chi connectivity index (χ1n) is 4.29. The highest BCUT2D eigenvalue weighted by Crippen LogP contribution is 2.15. The molecular formula is C9H20O2. The summed E-state index contributed by atoms with van der Waals surface area (Å²) < 4.78 is 0. The van der Waals surface area contributed by atoms with E-state index in [9.17, 15) is 5.11 Å². The van der Waals surface area contributed by atoms with E-state index in [0.717, 1.165) is 19.3 Å². The second kappa shape index (κ2) is 4.73. The first kappa shape index (κ1) is 10.9. The molecule has 0 heterocycles. The zero-order valence-corrected chi connectivity index (χ0v) is 7.80. The third kappa shape index (κ3) is 7.82. The fourth-order valence-electron chi connectivity index (χ4n) is 0.974. The molecule has 2 N–H and O–H groups in total. The quantitative estimate of drug-likeness (QED) is 0.640. The highest BCUT2D eigenvalue weighted by molar-refractivity contribution is 4.65. The lowest BCUT2D eigenvalue weighted by atomic mass is 9.97. The van der Waals surface area contributed by atoms with Crippen molar-refractivity contribution in [1.82, 2.24) is 0 Å². The van der Waals surface area contributed by atoms with Gasteiger partial charge < -0.3 is 10.2 Å². The third-order valence-corrected chi connectivity index (χ3v) is 1.80. The van der Waals surface area contributed by atoms with E-state index in [0.29, 0.717) is 5.92 Å². The van der Waals surface area contributed by atoms with Gasteiger partial charge in [-0.05, 0) is 32.6 Å². The van der Waals surface area contributed by atoms with E-state index in [1.165, 1.54) is 0 Å². The summed E-state index contributed by atoms with van der Waals surface area (Å²) >= 11 is 0. The van der Waals surface area contributed by atoms with Crippen molar-refractivity contribution in [2.45, 2.75) is 45.6 Å². The predicted molar refractivity (Wildman–Crippen MR) is 46.4 cm³/mol. The van der Waals surface area contributed by atoms with E-state index in [1.807, 2.05) is 20.8 Å². The van der Waals surface area contributed by atoms with Gasteiger partial charge in [-0.1, -0.05) is 13.3 Å². The fourth-order valence-corrected chi connectivity index (χ4v) is 0.974. The minimum Gasteiger partial charge on any atom is -0.396 e. The van der Waals surface area contributed by atoms with Crippen LogP contribution in [0.15, 0.2) is 0 Å². The zero-order valence-electron chi connectivity index (χ0n) is 7.80. The molecule has 2 heteroatoms. The van der Waals surface area contributed by atoms with Crippen LogP contribution in [0, 0.1) is 5.92 Å². The van der Waals surface area contributed by atoms with Crippen molar-refractivity contribution in [2.24, 2.45) is 5.92 Å². The molecule has 0 saturated carbocycles. The molecule has 0 aromatic heterocycles. The van der Waals surface area contributed by atoms with Gasteiger partial charge in [-0.3, -0.25) is 0 Å². The standard InChI is InChI=1S/C9H20O2/c1-8(7-10)5-4-6-9(2,3)11/h8,10-11H,4-7H2,1-3H3/t8-/m0/s1. The lowest BCUT2D eigenvalue weighted by Crippen LogP contribution is -2.18. The summed E-state index contributed by atoms with van der Waals surface area (Å²) in [5.74, 6) is 0.373. The van der Waals surface area contributed by atoms with Crippen LogP contribution in [0.4, 0.5) is 0 Å². The van der Waals surface area contributed by atoms with E-state index in [-0.39, 0.29) is 6.61 Å². The second-order valence-corrected chi connectivity index (χ2v) is 3.99. The lowest BCUT2D eigenvalue weighted by Gasteiger charge is -2.17. The molecule has 0 aliphatic heterocycles. The Labute approximate surface area is 69.2 Å². The normalized spacial score (nSPS) is 15.0. The SMILES string of the molecule is C[C@H](CO)CCCC(C)(C)O. The van der Waals surface area contributed by atoms with Crippen molar-refractivity contribution in [1.29, 1.82) is 0 Å². The van der Waals surface area contributed by atoms with Crippen LogP contribution in [0.3, 0.4) is 0 Å². The molecule has 0 aliphatic rings. The Bertz CT molecular complexity index is 94.2. The molecule has 0 bridgehead atoms. The molecule has 0 unspecified atom stereocenters. The minimum absolute atomic E-state index is 0.256. The fraction of sp³-hybridized carbons (Fsp3) is 1.00. The molecule has 0 fully saturated rings. The van der Waals surface area contributed by atoms with Gasteiger partial charge in [-0.2, -0.15) is 0 Å². The van der Waals surface area contributed by atoms with Gasteiger partial charge in [0.2, 0.25) is 0 Å². The Hall–Kier alpha value is -0.0800. The molecule has 0 aromatic rings. The van der Waals surface area contributed by atoms with Gasteiger partial charge in [-0.25, -0.2) is 0 Å². The van der Waals surface area contributed by atoms with Crippen LogP contribution in [0.25, 0.3) is 0 Å². The molecule has 0 aliphatic carbocycles. The Morgan fingerprint density at radius 3 is 2.27 bits per heavy atom. The highest BCUT2D eigenvalue weighted by Gasteiger charge is 2.12. The van der Waals surface area contributed by atoms with Crippen molar-refractivity contribution in [2.75, 3.05) is 6.61 Å². The summed E-state index contributed by atoms with van der Waals surface area (Å²) in [6.07, 6.45) is 2.81. The molecule has 1 atom stereocenters. The summed E-state index contributed by atoms with van der Waals surface area (Å²) in [7, 11) is 0. The van der Waals surface area contributed by atoms with E-state index >= 15 is 0 Å². The average molecular weight is 160 g/mol. The van der Waals surface area contributed by atoms with Crippen molar-refractivity contribution in [3.8, 4) is 0 Å². The molecule has 2 nitrogen and oxygen atoms in total. The van der Waals surface area contributed by atoms with Gasteiger partial charge in [0.05, 0.1) is 5.60 Å². The Morgan fingerprint density at radius 1 is 1.36 bits per heavy atom. The molecule has 0 amide bonds. The van der Waals surface area contributed by atoms with Crippen LogP contribution in [0.2, 0.25) is 0 Å². The van der Waals surface area contributed by atoms with Crippen molar-refractivity contribution < 1.29 is 10.2 Å². The number of rotatable bonds is 5. The Balaban J connectivity index is 3.28. The van der Waals surface area contributed by atoms with Gasteiger partial charge in [0.1, 0.15) is 0 Å². The van der Waals surface area contributed by atoms with Crippen LogP contribution in [0.5, 0.6) is 0 Å². The number of aliphatic hydroxyl groups excluding tert-OH is 1. The predicted octanol–water partition coefficient (Wildman–Crippen LogP) is 1.56. The van der Waals surface area contributed by atoms with Gasteiger partial charge in [0, 0.05) is 6.61 Å². The first-order valence-corrected chi connectivity index (χ1v) is 4.29. The molecule has 0 saturated heterocycles. The topological polar surface area (TPSA) is 40.5 Å². The van der Waals surface area contributed by atoms with E-state index < -0.39 is 5.60 Å². The van der Waals surface area contributed by atoms with Gasteiger partial charge >= 0.3 is 0 Å². The maximum Gasteiger partial charge on any atom is 0.0591 e. The number of hydrogen-bond donors (Lipinski definition) is 2. The largest absolute Gasteiger partial charge is 0.396 e. The molecule has 0 rings (SSSR count). The second-order valence-electron chi connectivity index (χ2n) is 3.99. The third-order valence-electron chi connectivity index (χ3n) is 1.80. The summed E-state index contributed by atoms with van der Waals surface area (Å²) in [6, 6.07) is 0. The van der Waals surface area contributed by atoms with E-state index in [1.54, 1.807) is 0 Å². The van der Waals surface area contributed by atoms with Crippen LogP contribution < -0.4 is 0 Å². The monoisotopic (exact) mass is 160 g/mol. The maximum absolute atomic E-state index is 9.34. The highest BCUT2D eigenvalue weighted by atomic mass is 16.3. The van der Waals surface area contributed by atoms with E-state index in [4.69, 9.17) is 5.11 Å². The van der Waals surface area contributed by atoms with Crippen LogP contribution in [0.1, 0.15) is 40.0 Å². The summed E-state index contributed by atoms with van der Waals surface area (Å²) in [5.41, 5.74) is -0.546. The smallest absolute Gasteiger partial charge is 0.0591 e. The Kier molecular flexibility index (Phi) is 4.69. The zero-order chi connectivity index (χ0) is 8.91. The van der Waals surface area contributed by atoms with Crippen molar-refractivity contribution >= 4 is 0 Å². The minimum atomic E-state index is -0.546. The first-order chi connectivity index (χ1) is 4.95. The van der Waals surface area contributed by atoms with Crippen molar-refractivity contribution in [3.63, 3.8) is 0 Å². The number of hydrogen-bond acceptors (Lipinski definition) is 2. The summed E-state index contributed by atoms with van der Waals surface area (Å²) in [4.78, 5) is 0. The van der Waals surface area contributed by atoms with Gasteiger partial charge in [0.25, 0.3) is 0 Å². The molecule has 0 spiro atoms. The molecule has 0 radical (unpaired) electrons. The van der Waals surface area contributed by atoms with E-state index in [2.05, 4.69) is 0 Å². The maximum atomic E-state index is 9.34. The van der Waals surface area contributed by atoms with Crippen LogP contribution in [-0.4, -0.2) is 22.4 Å². The van der Waals surface area contributed by atoms with Crippen molar-refractivity contribution in [3.05, 3.63) is 0 Å². The molecule has 11 heavy (non-hydrogen) atoms. The van der Waals surface area contributed by atoms with Crippen LogP contribution in [-0.2, 0) is 0 Å². The van der Waals surface area contributed by atoms with Crippen LogP contribution >= 0.6 is 0 Å². The Morgan fingerprint density at radius 2 is 1.91 bits per heavy atom. The molecule has 0 aromatic carbocycles. The molecular weight excluding hydrogens is 140 g/mol. The van der Waals surface area contributed by atoms with Gasteiger partial charge in [-0.15, -0.1) is 0 Å². The van der Waals surface area contributed by atoms with Gasteiger partial charge in [0.15, 0.2) is 0 Å². The summed E-state index contributed by atoms with van der Waals surface area (Å²) in [6.45, 7) is 5.91. The lowest BCUT2D eigenvalue weighted by molar-refractivity contribution is 0.0658. The molecule has 68 valence electrons. The summed E-state index contributed by atoms with van der Waals surface area (Å²) in [5, 5.41) is 18.0. The number of aliphatic hydroxyl groups is 2.